The summed E-state index contributed by atoms with van der Waals surface area (Å²) in [4.78, 5) is 14.2. The molecule has 0 aliphatic heterocycles. The number of carbonyl (C=O) groups is 1. The topological polar surface area (TPSA) is 20.3 Å². The van der Waals surface area contributed by atoms with Crippen molar-refractivity contribution in [3.05, 3.63) is 33.8 Å². The Hall–Kier alpha value is -0.250. The Morgan fingerprint density at radius 1 is 1.33 bits per heavy atom. The summed E-state index contributed by atoms with van der Waals surface area (Å²) in [5.74, 6) is 0.162. The van der Waals surface area contributed by atoms with Crippen molar-refractivity contribution in [1.29, 1.82) is 0 Å². The number of hydrogen-bond donors (Lipinski definition) is 0. The van der Waals surface area contributed by atoms with Crippen molar-refractivity contribution >= 4 is 45.0 Å². The summed E-state index contributed by atoms with van der Waals surface area (Å²) in [5.41, 5.74) is 0.912. The molecule has 1 aromatic rings. The van der Waals surface area contributed by atoms with E-state index in [4.69, 9.17) is 23.2 Å². The van der Waals surface area contributed by atoms with Gasteiger partial charge in [-0.25, -0.2) is 0 Å². The molecule has 0 spiro atoms. The van der Waals surface area contributed by atoms with Crippen molar-refractivity contribution in [3.8, 4) is 0 Å². The van der Waals surface area contributed by atoms with E-state index in [1.165, 1.54) is 0 Å². The second-order valence-corrected chi connectivity index (χ2v) is 6.04. The van der Waals surface area contributed by atoms with Gasteiger partial charge in [-0.15, -0.1) is 0 Å². The second kappa shape index (κ2) is 6.27. The van der Waals surface area contributed by atoms with Gasteiger partial charge in [0, 0.05) is 17.9 Å². The first kappa shape index (κ1) is 14.2. The van der Waals surface area contributed by atoms with Crippen LogP contribution in [-0.4, -0.2) is 28.7 Å². The molecule has 5 heteroatoms. The predicted octanol–water partition coefficient (Wildman–Crippen LogP) is 3.92. The molecule has 1 aromatic carbocycles. The smallest absolute Gasteiger partial charge is 0.227 e. The van der Waals surface area contributed by atoms with Gasteiger partial charge in [0.1, 0.15) is 0 Å². The van der Waals surface area contributed by atoms with Gasteiger partial charge in [-0.1, -0.05) is 45.2 Å². The molecule has 0 aromatic heterocycles. The van der Waals surface area contributed by atoms with Crippen molar-refractivity contribution in [3.63, 3.8) is 0 Å². The van der Waals surface area contributed by atoms with Crippen LogP contribution in [-0.2, 0) is 11.2 Å². The fourth-order valence-electron chi connectivity index (χ4n) is 1.91. The van der Waals surface area contributed by atoms with Gasteiger partial charge in [-0.2, -0.15) is 0 Å². The van der Waals surface area contributed by atoms with Crippen LogP contribution < -0.4 is 0 Å². The maximum Gasteiger partial charge on any atom is 0.227 e. The van der Waals surface area contributed by atoms with Crippen LogP contribution in [0, 0.1) is 0 Å². The van der Waals surface area contributed by atoms with Crippen molar-refractivity contribution in [2.24, 2.45) is 0 Å². The lowest BCUT2D eigenvalue weighted by atomic mass is 10.1. The molecule has 0 saturated heterocycles. The zero-order valence-electron chi connectivity index (χ0n) is 9.83. The molecule has 18 heavy (non-hydrogen) atoms. The Bertz CT molecular complexity index is 449. The Morgan fingerprint density at radius 3 is 2.61 bits per heavy atom. The van der Waals surface area contributed by atoms with E-state index in [2.05, 4.69) is 15.9 Å². The second-order valence-electron chi connectivity index (χ2n) is 4.43. The van der Waals surface area contributed by atoms with E-state index in [0.717, 1.165) is 30.3 Å². The Kier molecular flexibility index (Phi) is 4.93. The molecule has 2 nitrogen and oxygen atoms in total. The van der Waals surface area contributed by atoms with Crippen LogP contribution in [0.2, 0.25) is 10.0 Å². The van der Waals surface area contributed by atoms with Crippen LogP contribution in [0.4, 0.5) is 0 Å². The van der Waals surface area contributed by atoms with E-state index in [0.29, 0.717) is 22.5 Å². The number of rotatable bonds is 5. The van der Waals surface area contributed by atoms with Gasteiger partial charge >= 0.3 is 0 Å². The van der Waals surface area contributed by atoms with Crippen LogP contribution in [0.3, 0.4) is 0 Å². The fraction of sp³-hybridized carbons (Fsp3) is 0.462. The SMILES string of the molecule is O=C(Cc1ccc(Cl)c(Cl)c1)N(CCBr)C1CC1. The minimum Gasteiger partial charge on any atom is -0.339 e. The quantitative estimate of drug-likeness (QED) is 0.737. The predicted molar refractivity (Wildman–Crippen MR) is 78.7 cm³/mol. The summed E-state index contributed by atoms with van der Waals surface area (Å²) in [6.45, 7) is 0.769. The Morgan fingerprint density at radius 2 is 2.06 bits per heavy atom. The van der Waals surface area contributed by atoms with Crippen LogP contribution in [0.5, 0.6) is 0 Å². The number of benzene rings is 1. The third-order valence-corrected chi connectivity index (χ3v) is 4.07. The molecule has 0 unspecified atom stereocenters. The summed E-state index contributed by atoms with van der Waals surface area (Å²) in [6, 6.07) is 5.79. The number of nitrogens with zero attached hydrogens (tertiary/aromatic N) is 1. The normalized spacial score (nSPS) is 14.6. The highest BCUT2D eigenvalue weighted by molar-refractivity contribution is 9.09. The molecule has 2 rings (SSSR count). The molecule has 0 bridgehead atoms. The first-order valence-electron chi connectivity index (χ1n) is 5.91. The van der Waals surface area contributed by atoms with Gasteiger partial charge < -0.3 is 4.90 Å². The zero-order chi connectivity index (χ0) is 13.1. The molecular weight excluding hydrogens is 337 g/mol. The largest absolute Gasteiger partial charge is 0.339 e. The summed E-state index contributed by atoms with van der Waals surface area (Å²) in [6.07, 6.45) is 2.64. The number of carbonyl (C=O) groups excluding carboxylic acids is 1. The van der Waals surface area contributed by atoms with E-state index in [1.807, 2.05) is 11.0 Å². The fourth-order valence-corrected chi connectivity index (χ4v) is 2.62. The molecule has 1 aliphatic carbocycles. The van der Waals surface area contributed by atoms with E-state index in [-0.39, 0.29) is 5.91 Å². The molecule has 1 fully saturated rings. The van der Waals surface area contributed by atoms with Gasteiger partial charge in [0.2, 0.25) is 5.91 Å². The summed E-state index contributed by atoms with van der Waals surface area (Å²) >= 11 is 15.2. The molecule has 1 saturated carbocycles. The third-order valence-electron chi connectivity index (χ3n) is 2.97. The summed E-state index contributed by atoms with van der Waals surface area (Å²) < 4.78 is 0. The number of hydrogen-bond acceptors (Lipinski definition) is 1. The number of alkyl halides is 1. The highest BCUT2D eigenvalue weighted by Gasteiger charge is 2.31. The van der Waals surface area contributed by atoms with Crippen molar-refractivity contribution < 1.29 is 4.79 Å². The lowest BCUT2D eigenvalue weighted by molar-refractivity contribution is -0.130. The maximum atomic E-state index is 12.2. The van der Waals surface area contributed by atoms with E-state index in [9.17, 15) is 4.79 Å². The number of amides is 1. The molecule has 0 N–H and O–H groups in total. The molecule has 1 aliphatic rings. The molecule has 98 valence electrons. The van der Waals surface area contributed by atoms with Crippen molar-refractivity contribution in [1.82, 2.24) is 4.90 Å². The van der Waals surface area contributed by atoms with Crippen molar-refractivity contribution in [2.75, 3.05) is 11.9 Å². The average Bonchev–Trinajstić information content (AvgIpc) is 3.15. The monoisotopic (exact) mass is 349 g/mol. The first-order chi connectivity index (χ1) is 8.61. The van der Waals surface area contributed by atoms with Crippen LogP contribution in [0.25, 0.3) is 0 Å². The Labute approximate surface area is 125 Å². The van der Waals surface area contributed by atoms with Gasteiger partial charge in [0.05, 0.1) is 16.5 Å². The maximum absolute atomic E-state index is 12.2. The highest BCUT2D eigenvalue weighted by Crippen LogP contribution is 2.28. The minimum atomic E-state index is 0.162. The number of halogens is 3. The Balaban J connectivity index is 2.02. The van der Waals surface area contributed by atoms with Crippen LogP contribution in [0.1, 0.15) is 18.4 Å². The lowest BCUT2D eigenvalue weighted by Gasteiger charge is -2.21. The standard InChI is InChI=1S/C13H14BrCl2NO/c14-5-6-17(10-2-3-10)13(18)8-9-1-4-11(15)12(16)7-9/h1,4,7,10H,2-3,5-6,8H2. The van der Waals surface area contributed by atoms with Gasteiger partial charge in [-0.3, -0.25) is 4.79 Å². The van der Waals surface area contributed by atoms with E-state index >= 15 is 0 Å². The third kappa shape index (κ3) is 3.62. The van der Waals surface area contributed by atoms with Gasteiger partial charge in [0.25, 0.3) is 0 Å². The average molecular weight is 351 g/mol. The molecule has 0 radical (unpaired) electrons. The molecular formula is C13H14BrCl2NO. The summed E-state index contributed by atoms with van der Waals surface area (Å²) in [5, 5.41) is 1.84. The van der Waals surface area contributed by atoms with Crippen LogP contribution in [0.15, 0.2) is 18.2 Å². The molecule has 0 atom stereocenters. The first-order valence-corrected chi connectivity index (χ1v) is 7.79. The minimum absolute atomic E-state index is 0.162. The highest BCUT2D eigenvalue weighted by atomic mass is 79.9. The van der Waals surface area contributed by atoms with E-state index in [1.54, 1.807) is 12.1 Å². The van der Waals surface area contributed by atoms with E-state index < -0.39 is 0 Å². The zero-order valence-corrected chi connectivity index (χ0v) is 12.9. The van der Waals surface area contributed by atoms with Crippen molar-refractivity contribution in [2.45, 2.75) is 25.3 Å². The lowest BCUT2D eigenvalue weighted by Crippen LogP contribution is -2.35. The van der Waals surface area contributed by atoms with Gasteiger partial charge in [0.15, 0.2) is 0 Å². The van der Waals surface area contributed by atoms with Crippen LogP contribution >= 0.6 is 39.1 Å². The molecule has 0 heterocycles. The van der Waals surface area contributed by atoms with Gasteiger partial charge in [-0.05, 0) is 30.5 Å². The molecule has 1 amide bonds. The summed E-state index contributed by atoms with van der Waals surface area (Å²) in [7, 11) is 0.